The number of esters is 1. The van der Waals surface area contributed by atoms with Crippen LogP contribution in [0.15, 0.2) is 30.3 Å². The molecule has 0 aliphatic carbocycles. The Morgan fingerprint density at radius 1 is 1.33 bits per heavy atom. The fourth-order valence-electron chi connectivity index (χ4n) is 2.78. The number of nitrogens with zero attached hydrogens (tertiary/aromatic N) is 1. The van der Waals surface area contributed by atoms with Gasteiger partial charge in [0, 0.05) is 19.6 Å². The molecule has 1 fully saturated rings. The number of nitrogens with one attached hydrogen (secondary N) is 1. The second-order valence-corrected chi connectivity index (χ2v) is 5.22. The van der Waals surface area contributed by atoms with Crippen LogP contribution in [-0.2, 0) is 19.8 Å². The van der Waals surface area contributed by atoms with Crippen LogP contribution in [0, 0.1) is 0 Å². The minimum Gasteiger partial charge on any atom is -0.467 e. The van der Waals surface area contributed by atoms with E-state index in [0.717, 1.165) is 38.4 Å². The van der Waals surface area contributed by atoms with Crippen molar-refractivity contribution >= 4 is 5.97 Å². The number of hydrogen-bond donors (Lipinski definition) is 1. The van der Waals surface area contributed by atoms with Crippen molar-refractivity contribution in [2.45, 2.75) is 12.0 Å². The molecule has 0 bridgehead atoms. The second-order valence-electron chi connectivity index (χ2n) is 5.22. The van der Waals surface area contributed by atoms with Gasteiger partial charge in [0.15, 0.2) is 0 Å². The van der Waals surface area contributed by atoms with Crippen LogP contribution in [0.3, 0.4) is 0 Å². The maximum atomic E-state index is 12.4. The van der Waals surface area contributed by atoms with Gasteiger partial charge in [-0.1, -0.05) is 30.3 Å². The lowest BCUT2D eigenvalue weighted by atomic mass is 9.86. The van der Waals surface area contributed by atoms with Crippen molar-refractivity contribution in [1.29, 1.82) is 0 Å². The number of benzene rings is 1. The summed E-state index contributed by atoms with van der Waals surface area (Å²) in [6, 6.07) is 9.76. The molecule has 2 rings (SSSR count). The van der Waals surface area contributed by atoms with Crippen LogP contribution in [-0.4, -0.2) is 57.9 Å². The van der Waals surface area contributed by atoms with Gasteiger partial charge >= 0.3 is 5.97 Å². The normalized spacial score (nSPS) is 19.0. The summed E-state index contributed by atoms with van der Waals surface area (Å²) in [6.07, 6.45) is 0.667. The quantitative estimate of drug-likeness (QED) is 0.793. The number of hydrogen-bond acceptors (Lipinski definition) is 5. The van der Waals surface area contributed by atoms with Gasteiger partial charge in [-0.05, 0) is 19.0 Å². The van der Waals surface area contributed by atoms with Crippen molar-refractivity contribution < 1.29 is 14.3 Å². The van der Waals surface area contributed by atoms with Crippen LogP contribution in [0.4, 0.5) is 0 Å². The van der Waals surface area contributed by atoms with E-state index in [-0.39, 0.29) is 5.97 Å². The van der Waals surface area contributed by atoms with Gasteiger partial charge in [-0.2, -0.15) is 0 Å². The molecule has 1 aliphatic heterocycles. The van der Waals surface area contributed by atoms with E-state index >= 15 is 0 Å². The molecule has 0 amide bonds. The lowest BCUT2D eigenvalue weighted by Gasteiger charge is -2.34. The third kappa shape index (κ3) is 3.61. The third-order valence-corrected chi connectivity index (χ3v) is 4.13. The minimum atomic E-state index is -0.797. The molecule has 1 atom stereocenters. The zero-order chi connectivity index (χ0) is 15.1. The van der Waals surface area contributed by atoms with Crippen molar-refractivity contribution in [2.24, 2.45) is 0 Å². The molecule has 1 heterocycles. The predicted octanol–water partition coefficient (Wildman–Crippen LogP) is 0.997. The van der Waals surface area contributed by atoms with E-state index in [1.54, 1.807) is 0 Å². The van der Waals surface area contributed by atoms with Gasteiger partial charge in [-0.3, -0.25) is 4.90 Å². The van der Waals surface area contributed by atoms with Gasteiger partial charge in [0.25, 0.3) is 0 Å². The Kier molecular flexibility index (Phi) is 5.73. The van der Waals surface area contributed by atoms with E-state index in [1.807, 2.05) is 37.4 Å². The van der Waals surface area contributed by atoms with Gasteiger partial charge in [0.05, 0.1) is 20.3 Å². The first-order chi connectivity index (χ1) is 10.2. The molecule has 5 nitrogen and oxygen atoms in total. The van der Waals surface area contributed by atoms with Crippen molar-refractivity contribution in [3.8, 4) is 0 Å². The number of carbonyl (C=O) groups excluding carboxylic acids is 1. The Bertz CT molecular complexity index is 446. The summed E-state index contributed by atoms with van der Waals surface area (Å²) in [4.78, 5) is 14.7. The minimum absolute atomic E-state index is 0.246. The number of methoxy groups -OCH3 is 1. The summed E-state index contributed by atoms with van der Waals surface area (Å²) in [5, 5.41) is 3.19. The summed E-state index contributed by atoms with van der Waals surface area (Å²) >= 11 is 0. The van der Waals surface area contributed by atoms with Crippen LogP contribution < -0.4 is 5.32 Å². The molecular formula is C16H24N2O3. The topological polar surface area (TPSA) is 50.8 Å². The van der Waals surface area contributed by atoms with Crippen LogP contribution in [0.1, 0.15) is 12.0 Å². The standard InChI is InChI=1S/C16H24N2O3/c1-17-16(15(19)20-2,14-6-4-3-5-7-14)8-9-18-10-12-21-13-11-18/h3-7,17H,8-13H2,1-2H3. The molecule has 5 heteroatoms. The summed E-state index contributed by atoms with van der Waals surface area (Å²) in [5.41, 5.74) is 0.140. The van der Waals surface area contributed by atoms with Gasteiger partial charge in [-0.15, -0.1) is 0 Å². The largest absolute Gasteiger partial charge is 0.467 e. The van der Waals surface area contributed by atoms with Gasteiger partial charge in [0.2, 0.25) is 0 Å². The molecule has 1 aromatic rings. The highest BCUT2D eigenvalue weighted by Crippen LogP contribution is 2.27. The monoisotopic (exact) mass is 292 g/mol. The molecular weight excluding hydrogens is 268 g/mol. The summed E-state index contributed by atoms with van der Waals surface area (Å²) < 4.78 is 10.4. The maximum absolute atomic E-state index is 12.4. The Morgan fingerprint density at radius 2 is 2.00 bits per heavy atom. The zero-order valence-corrected chi connectivity index (χ0v) is 12.8. The molecule has 1 aliphatic rings. The maximum Gasteiger partial charge on any atom is 0.330 e. The van der Waals surface area contributed by atoms with Crippen molar-refractivity contribution in [3.05, 3.63) is 35.9 Å². The Labute approximate surface area is 126 Å². The van der Waals surface area contributed by atoms with Crippen molar-refractivity contribution in [2.75, 3.05) is 47.0 Å². The lowest BCUT2D eigenvalue weighted by molar-refractivity contribution is -0.149. The van der Waals surface area contributed by atoms with E-state index in [9.17, 15) is 4.79 Å². The molecule has 0 radical (unpaired) electrons. The van der Waals surface area contributed by atoms with Crippen LogP contribution in [0.25, 0.3) is 0 Å². The van der Waals surface area contributed by atoms with E-state index in [4.69, 9.17) is 9.47 Å². The van der Waals surface area contributed by atoms with Crippen LogP contribution >= 0.6 is 0 Å². The predicted molar refractivity (Wildman–Crippen MR) is 81.1 cm³/mol. The molecule has 116 valence electrons. The molecule has 1 unspecified atom stereocenters. The SMILES string of the molecule is CNC(CCN1CCOCC1)(C(=O)OC)c1ccccc1. The Hall–Kier alpha value is -1.43. The van der Waals surface area contributed by atoms with Gasteiger partial charge in [-0.25, -0.2) is 4.79 Å². The van der Waals surface area contributed by atoms with E-state index in [1.165, 1.54) is 7.11 Å². The summed E-state index contributed by atoms with van der Waals surface area (Å²) in [5.74, 6) is -0.246. The molecule has 1 saturated heterocycles. The lowest BCUT2D eigenvalue weighted by Crippen LogP contribution is -2.51. The summed E-state index contributed by atoms with van der Waals surface area (Å²) in [7, 11) is 3.25. The molecule has 0 aromatic heterocycles. The molecule has 21 heavy (non-hydrogen) atoms. The zero-order valence-electron chi connectivity index (χ0n) is 12.8. The number of rotatable bonds is 6. The molecule has 1 N–H and O–H groups in total. The first-order valence-electron chi connectivity index (χ1n) is 7.36. The highest BCUT2D eigenvalue weighted by atomic mass is 16.5. The van der Waals surface area contributed by atoms with Crippen molar-refractivity contribution in [3.63, 3.8) is 0 Å². The van der Waals surface area contributed by atoms with Crippen LogP contribution in [0.5, 0.6) is 0 Å². The smallest absolute Gasteiger partial charge is 0.330 e. The first-order valence-corrected chi connectivity index (χ1v) is 7.36. The highest BCUT2D eigenvalue weighted by molar-refractivity contribution is 5.82. The first kappa shape index (κ1) is 15.9. The Morgan fingerprint density at radius 3 is 2.57 bits per heavy atom. The average Bonchev–Trinajstić information content (AvgIpc) is 2.57. The second kappa shape index (κ2) is 7.54. The van der Waals surface area contributed by atoms with Gasteiger partial charge < -0.3 is 14.8 Å². The van der Waals surface area contributed by atoms with Crippen molar-refractivity contribution in [1.82, 2.24) is 10.2 Å². The van der Waals surface area contributed by atoms with Gasteiger partial charge in [0.1, 0.15) is 5.54 Å². The number of ether oxygens (including phenoxy) is 2. The van der Waals surface area contributed by atoms with E-state index in [0.29, 0.717) is 6.42 Å². The number of morpholine rings is 1. The Balaban J connectivity index is 2.16. The fourth-order valence-corrected chi connectivity index (χ4v) is 2.78. The highest BCUT2D eigenvalue weighted by Gasteiger charge is 2.40. The fraction of sp³-hybridized carbons (Fsp3) is 0.562. The van der Waals surface area contributed by atoms with Crippen LogP contribution in [0.2, 0.25) is 0 Å². The number of likely N-dealkylation sites (N-methyl/N-ethyl adjacent to an activating group) is 1. The molecule has 0 spiro atoms. The summed E-state index contributed by atoms with van der Waals surface area (Å²) in [6.45, 7) is 4.17. The third-order valence-electron chi connectivity index (χ3n) is 4.13. The van der Waals surface area contributed by atoms with E-state index < -0.39 is 5.54 Å². The molecule has 0 saturated carbocycles. The molecule has 1 aromatic carbocycles. The average molecular weight is 292 g/mol. The van der Waals surface area contributed by atoms with E-state index in [2.05, 4.69) is 10.2 Å². The number of carbonyl (C=O) groups is 1.